The summed E-state index contributed by atoms with van der Waals surface area (Å²) >= 11 is 0. The summed E-state index contributed by atoms with van der Waals surface area (Å²) in [4.78, 5) is 7.32. The molecule has 2 aliphatic heterocycles. The molecule has 0 bridgehead atoms. The van der Waals surface area contributed by atoms with E-state index in [-0.39, 0.29) is 6.10 Å². The largest absolute Gasteiger partial charge is 0.496 e. The number of ether oxygens (including phenoxy) is 2. The van der Waals surface area contributed by atoms with Crippen molar-refractivity contribution in [2.24, 2.45) is 4.99 Å². The van der Waals surface area contributed by atoms with E-state index in [1.165, 1.54) is 30.5 Å². The topological polar surface area (TPSA) is 58.1 Å². The lowest BCUT2D eigenvalue weighted by Gasteiger charge is -2.34. The number of morpholine rings is 1. The van der Waals surface area contributed by atoms with Crippen LogP contribution in [0.25, 0.3) is 0 Å². The van der Waals surface area contributed by atoms with E-state index in [1.807, 2.05) is 6.07 Å². The van der Waals surface area contributed by atoms with Crippen molar-refractivity contribution in [1.82, 2.24) is 15.5 Å². The van der Waals surface area contributed by atoms with E-state index in [0.717, 1.165) is 44.4 Å². The van der Waals surface area contributed by atoms with Crippen molar-refractivity contribution in [2.75, 3.05) is 46.4 Å². The van der Waals surface area contributed by atoms with E-state index in [2.05, 4.69) is 41.5 Å². The Morgan fingerprint density at radius 2 is 2.26 bits per heavy atom. The fourth-order valence-electron chi connectivity index (χ4n) is 3.95. The highest BCUT2D eigenvalue weighted by Crippen LogP contribution is 2.22. The summed E-state index contributed by atoms with van der Waals surface area (Å²) in [6, 6.07) is 6.94. The van der Waals surface area contributed by atoms with Crippen LogP contribution in [0.5, 0.6) is 5.75 Å². The summed E-state index contributed by atoms with van der Waals surface area (Å²) in [5.74, 6) is 1.80. The molecule has 6 heteroatoms. The van der Waals surface area contributed by atoms with Crippen LogP contribution in [-0.2, 0) is 11.2 Å². The van der Waals surface area contributed by atoms with Gasteiger partial charge in [0.2, 0.25) is 0 Å². The molecule has 6 nitrogen and oxygen atoms in total. The monoisotopic (exact) mass is 374 g/mol. The number of benzene rings is 1. The predicted octanol–water partition coefficient (Wildman–Crippen LogP) is 1.96. The number of aryl methyl sites for hydroxylation is 1. The second-order valence-electron chi connectivity index (χ2n) is 7.46. The lowest BCUT2D eigenvalue weighted by molar-refractivity contribution is -0.0432. The molecule has 27 heavy (non-hydrogen) atoms. The first-order chi connectivity index (χ1) is 13.2. The molecule has 0 saturated carbocycles. The van der Waals surface area contributed by atoms with Crippen molar-refractivity contribution in [3.63, 3.8) is 0 Å². The first kappa shape index (κ1) is 20.0. The molecule has 2 aliphatic rings. The standard InChI is InChI=1S/C21H34N4O2/c1-4-22-21(23-10-9-17-12-16(2)7-8-20(17)26-3)24-13-19-14-25-11-5-6-18(25)15-27-19/h7-8,12,18-19H,4-6,9-11,13-15H2,1-3H3,(H2,22,23,24). The number of fused-ring (bicyclic) bond motifs is 1. The molecule has 1 aromatic carbocycles. The summed E-state index contributed by atoms with van der Waals surface area (Å²) in [5.41, 5.74) is 2.47. The smallest absolute Gasteiger partial charge is 0.191 e. The Kier molecular flexibility index (Phi) is 7.35. The zero-order chi connectivity index (χ0) is 19.1. The minimum atomic E-state index is 0.201. The van der Waals surface area contributed by atoms with E-state index >= 15 is 0 Å². The van der Waals surface area contributed by atoms with Gasteiger partial charge in [-0.05, 0) is 51.3 Å². The highest BCUT2D eigenvalue weighted by molar-refractivity contribution is 5.79. The molecule has 0 radical (unpaired) electrons. The highest BCUT2D eigenvalue weighted by Gasteiger charge is 2.31. The van der Waals surface area contributed by atoms with Crippen LogP contribution in [0.3, 0.4) is 0 Å². The van der Waals surface area contributed by atoms with Gasteiger partial charge in [-0.1, -0.05) is 17.7 Å². The molecule has 2 unspecified atom stereocenters. The van der Waals surface area contributed by atoms with Gasteiger partial charge in [-0.25, -0.2) is 0 Å². The third kappa shape index (κ3) is 5.59. The minimum Gasteiger partial charge on any atom is -0.496 e. The van der Waals surface area contributed by atoms with E-state index in [9.17, 15) is 0 Å². The molecular formula is C21H34N4O2. The molecule has 2 heterocycles. The molecule has 0 aromatic heterocycles. The van der Waals surface area contributed by atoms with Crippen LogP contribution >= 0.6 is 0 Å². The summed E-state index contributed by atoms with van der Waals surface area (Å²) in [5, 5.41) is 6.77. The minimum absolute atomic E-state index is 0.201. The van der Waals surface area contributed by atoms with Gasteiger partial charge in [-0.15, -0.1) is 0 Å². The van der Waals surface area contributed by atoms with Gasteiger partial charge < -0.3 is 20.1 Å². The number of nitrogens with one attached hydrogen (secondary N) is 2. The Bertz CT molecular complexity index is 635. The first-order valence-electron chi connectivity index (χ1n) is 10.2. The van der Waals surface area contributed by atoms with Crippen LogP contribution in [0.1, 0.15) is 30.9 Å². The molecular weight excluding hydrogens is 340 g/mol. The number of nitrogens with zero attached hydrogens (tertiary/aromatic N) is 2. The summed E-state index contributed by atoms with van der Waals surface area (Å²) < 4.78 is 11.5. The number of rotatable bonds is 7. The second kappa shape index (κ2) is 9.95. The van der Waals surface area contributed by atoms with Crippen molar-refractivity contribution in [1.29, 1.82) is 0 Å². The zero-order valence-corrected chi connectivity index (χ0v) is 17.0. The number of methoxy groups -OCH3 is 1. The van der Waals surface area contributed by atoms with Crippen molar-refractivity contribution in [2.45, 2.75) is 45.3 Å². The lowest BCUT2D eigenvalue weighted by atomic mass is 10.1. The van der Waals surface area contributed by atoms with E-state index in [0.29, 0.717) is 12.6 Å². The lowest BCUT2D eigenvalue weighted by Crippen LogP contribution is -2.47. The van der Waals surface area contributed by atoms with Crippen LogP contribution in [0, 0.1) is 6.92 Å². The van der Waals surface area contributed by atoms with E-state index < -0.39 is 0 Å². The van der Waals surface area contributed by atoms with Gasteiger partial charge in [-0.2, -0.15) is 0 Å². The van der Waals surface area contributed by atoms with Crippen LogP contribution < -0.4 is 15.4 Å². The van der Waals surface area contributed by atoms with Crippen LogP contribution in [0.2, 0.25) is 0 Å². The van der Waals surface area contributed by atoms with Gasteiger partial charge >= 0.3 is 0 Å². The Hall–Kier alpha value is -1.79. The number of hydrogen-bond acceptors (Lipinski definition) is 4. The van der Waals surface area contributed by atoms with Crippen LogP contribution in [0.4, 0.5) is 0 Å². The van der Waals surface area contributed by atoms with Gasteiger partial charge in [0.15, 0.2) is 5.96 Å². The third-order valence-corrected chi connectivity index (χ3v) is 5.38. The molecule has 0 aliphatic carbocycles. The Morgan fingerprint density at radius 1 is 1.37 bits per heavy atom. The average Bonchev–Trinajstić information content (AvgIpc) is 3.14. The third-order valence-electron chi connectivity index (χ3n) is 5.38. The molecule has 150 valence electrons. The maximum Gasteiger partial charge on any atom is 0.191 e. The highest BCUT2D eigenvalue weighted by atomic mass is 16.5. The molecule has 3 rings (SSSR count). The first-order valence-corrected chi connectivity index (χ1v) is 10.2. The fourth-order valence-corrected chi connectivity index (χ4v) is 3.95. The van der Waals surface area contributed by atoms with Gasteiger partial charge in [-0.3, -0.25) is 9.89 Å². The molecule has 0 amide bonds. The molecule has 2 saturated heterocycles. The summed E-state index contributed by atoms with van der Waals surface area (Å²) in [6.45, 7) is 9.64. The van der Waals surface area contributed by atoms with Gasteiger partial charge in [0, 0.05) is 25.7 Å². The van der Waals surface area contributed by atoms with Gasteiger partial charge in [0.1, 0.15) is 5.75 Å². The number of guanidine groups is 1. The predicted molar refractivity (Wildman–Crippen MR) is 110 cm³/mol. The Balaban J connectivity index is 1.50. The van der Waals surface area contributed by atoms with E-state index in [1.54, 1.807) is 7.11 Å². The fraction of sp³-hybridized carbons (Fsp3) is 0.667. The number of aliphatic imine (C=N–C) groups is 1. The Labute approximate surface area is 163 Å². The summed E-state index contributed by atoms with van der Waals surface area (Å²) in [6.07, 6.45) is 3.68. The zero-order valence-electron chi connectivity index (χ0n) is 17.0. The SMILES string of the molecule is CCNC(=NCC1CN2CCCC2CO1)NCCc1cc(C)ccc1OC. The van der Waals surface area contributed by atoms with Crippen molar-refractivity contribution >= 4 is 5.96 Å². The molecule has 1 aromatic rings. The maximum atomic E-state index is 6.02. The van der Waals surface area contributed by atoms with Crippen molar-refractivity contribution in [3.8, 4) is 5.75 Å². The van der Waals surface area contributed by atoms with Gasteiger partial charge in [0.05, 0.1) is 26.4 Å². The van der Waals surface area contributed by atoms with Gasteiger partial charge in [0.25, 0.3) is 0 Å². The molecule has 2 fully saturated rings. The summed E-state index contributed by atoms with van der Waals surface area (Å²) in [7, 11) is 1.72. The van der Waals surface area contributed by atoms with Crippen LogP contribution in [0.15, 0.2) is 23.2 Å². The molecule has 2 atom stereocenters. The Morgan fingerprint density at radius 3 is 3.07 bits per heavy atom. The second-order valence-corrected chi connectivity index (χ2v) is 7.46. The maximum absolute atomic E-state index is 6.02. The normalized spacial score (nSPS) is 23.1. The quantitative estimate of drug-likeness (QED) is 0.564. The van der Waals surface area contributed by atoms with E-state index in [4.69, 9.17) is 14.5 Å². The van der Waals surface area contributed by atoms with Crippen molar-refractivity contribution < 1.29 is 9.47 Å². The molecule has 0 spiro atoms. The number of hydrogen-bond donors (Lipinski definition) is 2. The average molecular weight is 375 g/mol. The molecule has 2 N–H and O–H groups in total. The van der Waals surface area contributed by atoms with Crippen molar-refractivity contribution in [3.05, 3.63) is 29.3 Å². The van der Waals surface area contributed by atoms with Crippen LogP contribution in [-0.4, -0.2) is 69.4 Å².